The molecule has 2 fully saturated rings. The second-order valence-corrected chi connectivity index (χ2v) is 9.14. The zero-order valence-corrected chi connectivity index (χ0v) is 14.9. The highest BCUT2D eigenvalue weighted by molar-refractivity contribution is 7.80. The minimum atomic E-state index is -4.60. The van der Waals surface area contributed by atoms with Crippen molar-refractivity contribution in [3.05, 3.63) is 29.3 Å². The Morgan fingerprint density at radius 3 is 2.76 bits per heavy atom. The molecule has 3 unspecified atom stereocenters. The summed E-state index contributed by atoms with van der Waals surface area (Å²) < 4.78 is 36.5. The molecule has 1 aromatic rings. The molecule has 3 N–H and O–H groups in total. The van der Waals surface area contributed by atoms with Gasteiger partial charge >= 0.3 is 10.4 Å². The smallest absolute Gasteiger partial charge is 0.397 e. The Morgan fingerprint density at radius 2 is 2.04 bits per heavy atom. The van der Waals surface area contributed by atoms with Crippen molar-refractivity contribution < 1.29 is 27.4 Å². The number of phenols is 1. The first-order valence-corrected chi connectivity index (χ1v) is 10.2. The maximum atomic E-state index is 11.2. The van der Waals surface area contributed by atoms with Gasteiger partial charge in [0.05, 0.1) is 6.10 Å². The number of hydrogen-bond acceptors (Lipinski definition) is 5. The first-order valence-electron chi connectivity index (χ1n) is 8.84. The average Bonchev–Trinajstić information content (AvgIpc) is 2.77. The maximum Gasteiger partial charge on any atom is 0.397 e. The van der Waals surface area contributed by atoms with E-state index in [1.165, 1.54) is 11.1 Å². The molecule has 0 aromatic heterocycles. The van der Waals surface area contributed by atoms with Gasteiger partial charge in [-0.1, -0.05) is 13.0 Å². The minimum absolute atomic E-state index is 0.148. The number of aryl methyl sites for hydroxylation is 1. The number of aromatic hydroxyl groups is 1. The van der Waals surface area contributed by atoms with E-state index in [-0.39, 0.29) is 11.7 Å². The predicted octanol–water partition coefficient (Wildman–Crippen LogP) is 2.41. The second-order valence-electron chi connectivity index (χ2n) is 8.09. The number of aliphatic hydroxyl groups excluding tert-OH is 1. The molecule has 0 amide bonds. The van der Waals surface area contributed by atoms with Gasteiger partial charge in [0.15, 0.2) is 0 Å². The highest BCUT2D eigenvalue weighted by Crippen LogP contribution is 2.61. The Kier molecular flexibility index (Phi) is 3.92. The van der Waals surface area contributed by atoms with Gasteiger partial charge in [0, 0.05) is 5.41 Å². The molecule has 6 nitrogen and oxygen atoms in total. The Bertz CT molecular complexity index is 791. The van der Waals surface area contributed by atoms with Gasteiger partial charge in [-0.25, -0.2) is 4.18 Å². The van der Waals surface area contributed by atoms with E-state index in [0.29, 0.717) is 18.3 Å². The van der Waals surface area contributed by atoms with E-state index in [1.54, 1.807) is 6.07 Å². The van der Waals surface area contributed by atoms with E-state index in [0.717, 1.165) is 25.7 Å². The van der Waals surface area contributed by atoms with Crippen LogP contribution in [0.4, 0.5) is 0 Å². The Labute approximate surface area is 147 Å². The normalized spacial score (nSPS) is 40.2. The summed E-state index contributed by atoms with van der Waals surface area (Å²) in [5.74, 6) is 1.14. The van der Waals surface area contributed by atoms with Gasteiger partial charge in [-0.05, 0) is 73.1 Å². The summed E-state index contributed by atoms with van der Waals surface area (Å²) >= 11 is 0. The van der Waals surface area contributed by atoms with Crippen molar-refractivity contribution in [2.24, 2.45) is 17.3 Å². The zero-order valence-electron chi connectivity index (χ0n) is 14.1. The van der Waals surface area contributed by atoms with Crippen molar-refractivity contribution in [3.63, 3.8) is 0 Å². The van der Waals surface area contributed by atoms with E-state index < -0.39 is 28.0 Å². The Morgan fingerprint density at radius 1 is 1.28 bits per heavy atom. The molecule has 0 radical (unpaired) electrons. The van der Waals surface area contributed by atoms with Crippen LogP contribution in [0.1, 0.15) is 49.7 Å². The monoisotopic (exact) mass is 368 g/mol. The van der Waals surface area contributed by atoms with Gasteiger partial charge in [0.1, 0.15) is 11.9 Å². The lowest BCUT2D eigenvalue weighted by Crippen LogP contribution is -2.46. The van der Waals surface area contributed by atoms with Crippen molar-refractivity contribution in [3.8, 4) is 5.75 Å². The fourth-order valence-corrected chi connectivity index (χ4v) is 6.45. The van der Waals surface area contributed by atoms with Crippen molar-refractivity contribution in [1.29, 1.82) is 0 Å². The van der Waals surface area contributed by atoms with Gasteiger partial charge in [0.25, 0.3) is 0 Å². The summed E-state index contributed by atoms with van der Waals surface area (Å²) in [6, 6.07) is 5.57. The van der Waals surface area contributed by atoms with Gasteiger partial charge in [0.2, 0.25) is 0 Å². The van der Waals surface area contributed by atoms with Gasteiger partial charge in [-0.15, -0.1) is 0 Å². The van der Waals surface area contributed by atoms with Crippen LogP contribution in [-0.4, -0.2) is 35.4 Å². The second kappa shape index (κ2) is 5.67. The molecule has 4 rings (SSSR count). The molecule has 3 aliphatic carbocycles. The van der Waals surface area contributed by atoms with E-state index in [2.05, 4.69) is 0 Å². The van der Waals surface area contributed by atoms with E-state index in [9.17, 15) is 18.6 Å². The molecule has 2 saturated carbocycles. The van der Waals surface area contributed by atoms with E-state index in [4.69, 9.17) is 8.74 Å². The zero-order chi connectivity index (χ0) is 18.0. The summed E-state index contributed by atoms with van der Waals surface area (Å²) in [4.78, 5) is 0. The lowest BCUT2D eigenvalue weighted by molar-refractivity contribution is -0.0371. The standard InChI is InChI=1S/C18H24O6S/c1-18-7-6-13-12-5-3-11(19)8-10(12)2-4-14(13)15(18)9-16(20)17(18)24-25(21,22)23/h3,5,8,13-17,19-20H,2,4,6-7,9H2,1H3,(H,21,22,23)/t13?,14?,15?,16-,17+,18+/m1/s1. The topological polar surface area (TPSA) is 104 Å². The number of fused-ring (bicyclic) bond motifs is 5. The number of rotatable bonds is 2. The molecule has 0 bridgehead atoms. The maximum absolute atomic E-state index is 11.2. The molecular formula is C18H24O6S. The molecule has 6 atom stereocenters. The van der Waals surface area contributed by atoms with E-state index >= 15 is 0 Å². The molecule has 25 heavy (non-hydrogen) atoms. The van der Waals surface area contributed by atoms with Crippen LogP contribution in [0.25, 0.3) is 0 Å². The third-order valence-corrected chi connectivity index (χ3v) is 7.32. The summed E-state index contributed by atoms with van der Waals surface area (Å²) in [6.45, 7) is 1.98. The third-order valence-electron chi connectivity index (χ3n) is 6.87. The van der Waals surface area contributed by atoms with Crippen molar-refractivity contribution >= 4 is 10.4 Å². The van der Waals surface area contributed by atoms with Crippen LogP contribution in [0.2, 0.25) is 0 Å². The molecule has 0 spiro atoms. The van der Waals surface area contributed by atoms with Crippen LogP contribution in [0.3, 0.4) is 0 Å². The summed E-state index contributed by atoms with van der Waals surface area (Å²) in [5, 5.41) is 20.2. The lowest BCUT2D eigenvalue weighted by atomic mass is 9.55. The number of benzene rings is 1. The Hall–Kier alpha value is -1.15. The number of aliphatic hydroxyl groups is 1. The minimum Gasteiger partial charge on any atom is -0.508 e. The van der Waals surface area contributed by atoms with Gasteiger partial charge in [-0.3, -0.25) is 4.55 Å². The van der Waals surface area contributed by atoms with Crippen molar-refractivity contribution in [2.45, 2.75) is 57.2 Å². The first-order chi connectivity index (χ1) is 11.7. The Balaban J connectivity index is 1.66. The first kappa shape index (κ1) is 17.3. The number of hydrogen-bond donors (Lipinski definition) is 3. The van der Waals surface area contributed by atoms with Crippen LogP contribution in [0, 0.1) is 17.3 Å². The molecule has 138 valence electrons. The lowest BCUT2D eigenvalue weighted by Gasteiger charge is -2.50. The van der Waals surface area contributed by atoms with Crippen molar-refractivity contribution in [1.82, 2.24) is 0 Å². The summed E-state index contributed by atoms with van der Waals surface area (Å²) in [6.07, 6.45) is 2.14. The van der Waals surface area contributed by atoms with Crippen LogP contribution in [0.15, 0.2) is 18.2 Å². The third kappa shape index (κ3) is 2.77. The van der Waals surface area contributed by atoms with Crippen molar-refractivity contribution in [2.75, 3.05) is 0 Å². The highest BCUT2D eigenvalue weighted by atomic mass is 32.3. The van der Waals surface area contributed by atoms with Crippen LogP contribution < -0.4 is 0 Å². The van der Waals surface area contributed by atoms with Crippen LogP contribution >= 0.6 is 0 Å². The largest absolute Gasteiger partial charge is 0.508 e. The quantitative estimate of drug-likeness (QED) is 0.693. The molecular weight excluding hydrogens is 344 g/mol. The molecule has 0 saturated heterocycles. The average molecular weight is 368 g/mol. The predicted molar refractivity (Wildman–Crippen MR) is 90.5 cm³/mol. The molecule has 1 aromatic carbocycles. The van der Waals surface area contributed by atoms with Crippen LogP contribution in [-0.2, 0) is 21.0 Å². The molecule has 0 aliphatic heterocycles. The number of phenolic OH excluding ortho intramolecular Hbond substituents is 1. The SMILES string of the molecule is C[C@]12CCC3c4ccc(O)cc4CCC3C1C[C@@H](O)[C@@H]2OS(=O)(=O)O. The molecule has 7 heteroatoms. The van der Waals surface area contributed by atoms with Gasteiger partial charge in [-0.2, -0.15) is 8.42 Å². The summed E-state index contributed by atoms with van der Waals surface area (Å²) in [5.41, 5.74) is 1.99. The highest BCUT2D eigenvalue weighted by Gasteiger charge is 2.59. The molecule has 0 heterocycles. The van der Waals surface area contributed by atoms with E-state index in [1.807, 2.05) is 19.1 Å². The van der Waals surface area contributed by atoms with Gasteiger partial charge < -0.3 is 10.2 Å². The summed E-state index contributed by atoms with van der Waals surface area (Å²) in [7, 11) is -4.60. The fraction of sp³-hybridized carbons (Fsp3) is 0.667. The fourth-order valence-electron chi connectivity index (χ4n) is 5.84. The molecule has 3 aliphatic rings. The van der Waals surface area contributed by atoms with Crippen LogP contribution in [0.5, 0.6) is 5.75 Å².